The molecule has 86 valence electrons. The largest absolute Gasteiger partial charge is 0.480 e. The molecule has 0 unspecified atom stereocenters. The first-order chi connectivity index (χ1) is 6.73. The highest BCUT2D eigenvalue weighted by Gasteiger charge is 2.49. The Morgan fingerprint density at radius 1 is 1.40 bits per heavy atom. The number of nitrogens with zero attached hydrogens (tertiary/aromatic N) is 1. The van der Waals surface area contributed by atoms with Crippen molar-refractivity contribution in [3.8, 4) is 0 Å². The van der Waals surface area contributed by atoms with E-state index in [0.29, 0.717) is 4.90 Å². The average Bonchev–Trinajstić information content (AvgIpc) is 2.44. The van der Waals surface area contributed by atoms with Gasteiger partial charge in [0.1, 0.15) is 6.04 Å². The molecule has 7 heteroatoms. The zero-order valence-corrected chi connectivity index (χ0v) is 7.91. The van der Waals surface area contributed by atoms with Crippen molar-refractivity contribution in [1.29, 1.82) is 0 Å². The number of hydrogen-bond donors (Lipinski definition) is 1. The highest BCUT2D eigenvalue weighted by molar-refractivity contribution is 5.87. The molecule has 4 nitrogen and oxygen atoms in total. The molecule has 0 aromatic heterocycles. The van der Waals surface area contributed by atoms with Crippen LogP contribution in [-0.4, -0.2) is 40.6 Å². The number of halogens is 3. The number of carboxylic acids is 1. The lowest BCUT2D eigenvalue weighted by Gasteiger charge is -2.22. The third-order valence-corrected chi connectivity index (χ3v) is 2.30. The van der Waals surface area contributed by atoms with E-state index in [4.69, 9.17) is 5.11 Å². The SMILES string of the molecule is C[C@@H]1C[C@@H](C(=O)O)N(C(=O)C(F)(F)F)C1. The van der Waals surface area contributed by atoms with Crippen LogP contribution in [0.2, 0.25) is 0 Å². The normalized spacial score (nSPS) is 26.8. The second kappa shape index (κ2) is 3.71. The molecule has 0 aromatic rings. The molecule has 1 aliphatic heterocycles. The molecule has 1 heterocycles. The quantitative estimate of drug-likeness (QED) is 0.720. The lowest BCUT2D eigenvalue weighted by molar-refractivity contribution is -0.188. The van der Waals surface area contributed by atoms with E-state index in [1.54, 1.807) is 6.92 Å². The number of amides is 1. The van der Waals surface area contributed by atoms with Gasteiger partial charge in [-0.3, -0.25) is 4.79 Å². The van der Waals surface area contributed by atoms with Gasteiger partial charge in [-0.2, -0.15) is 13.2 Å². The molecule has 1 saturated heterocycles. The number of rotatable bonds is 1. The van der Waals surface area contributed by atoms with Crippen molar-refractivity contribution < 1.29 is 27.9 Å². The third kappa shape index (κ3) is 2.40. The van der Waals surface area contributed by atoms with Gasteiger partial charge in [-0.1, -0.05) is 6.92 Å². The predicted molar refractivity (Wildman–Crippen MR) is 43.0 cm³/mol. The van der Waals surface area contributed by atoms with Crippen molar-refractivity contribution in [1.82, 2.24) is 4.90 Å². The summed E-state index contributed by atoms with van der Waals surface area (Å²) < 4.78 is 36.2. The fourth-order valence-electron chi connectivity index (χ4n) is 1.67. The lowest BCUT2D eigenvalue weighted by Crippen LogP contribution is -2.46. The average molecular weight is 225 g/mol. The molecule has 0 aliphatic carbocycles. The van der Waals surface area contributed by atoms with Crippen LogP contribution in [0.5, 0.6) is 0 Å². The number of hydrogen-bond acceptors (Lipinski definition) is 2. The first kappa shape index (κ1) is 11.8. The molecule has 1 amide bonds. The predicted octanol–water partition coefficient (Wildman–Crippen LogP) is 0.870. The fourth-order valence-corrected chi connectivity index (χ4v) is 1.67. The van der Waals surface area contributed by atoms with Gasteiger partial charge in [0.05, 0.1) is 0 Å². The standard InChI is InChI=1S/C8H10F3NO3/c1-4-2-5(6(13)14)12(3-4)7(15)8(9,10)11/h4-5H,2-3H2,1H3,(H,13,14)/t4-,5+/m1/s1. The molecule has 0 saturated carbocycles. The number of likely N-dealkylation sites (tertiary alicyclic amines) is 1. The Hall–Kier alpha value is -1.27. The summed E-state index contributed by atoms with van der Waals surface area (Å²) in [6.45, 7) is 1.45. The molecule has 15 heavy (non-hydrogen) atoms. The van der Waals surface area contributed by atoms with Crippen LogP contribution in [0.25, 0.3) is 0 Å². The van der Waals surface area contributed by atoms with Crippen LogP contribution in [0.15, 0.2) is 0 Å². The Labute approximate surface area is 83.7 Å². The Morgan fingerprint density at radius 3 is 2.33 bits per heavy atom. The van der Waals surface area contributed by atoms with Crippen molar-refractivity contribution in [2.24, 2.45) is 5.92 Å². The first-order valence-corrected chi connectivity index (χ1v) is 4.34. The van der Waals surface area contributed by atoms with Crippen molar-refractivity contribution in [3.63, 3.8) is 0 Å². The van der Waals surface area contributed by atoms with Crippen LogP contribution >= 0.6 is 0 Å². The smallest absolute Gasteiger partial charge is 0.471 e. The summed E-state index contributed by atoms with van der Waals surface area (Å²) in [6.07, 6.45) is -4.94. The maximum Gasteiger partial charge on any atom is 0.471 e. The molecular weight excluding hydrogens is 215 g/mol. The van der Waals surface area contributed by atoms with Crippen LogP contribution in [0.1, 0.15) is 13.3 Å². The molecule has 1 fully saturated rings. The Kier molecular flexibility index (Phi) is 2.92. The number of carboxylic acid groups (broad SMARTS) is 1. The molecule has 2 atom stereocenters. The molecule has 1 rings (SSSR count). The van der Waals surface area contributed by atoms with Crippen molar-refractivity contribution in [2.45, 2.75) is 25.6 Å². The van der Waals surface area contributed by atoms with E-state index in [-0.39, 0.29) is 18.9 Å². The van der Waals surface area contributed by atoms with E-state index in [1.165, 1.54) is 0 Å². The molecule has 0 radical (unpaired) electrons. The highest BCUT2D eigenvalue weighted by Crippen LogP contribution is 2.28. The summed E-state index contributed by atoms with van der Waals surface area (Å²) in [7, 11) is 0. The van der Waals surface area contributed by atoms with Gasteiger partial charge >= 0.3 is 18.1 Å². The maximum atomic E-state index is 12.1. The molecule has 0 aromatic carbocycles. The number of carbonyl (C=O) groups excluding carboxylic acids is 1. The third-order valence-electron chi connectivity index (χ3n) is 2.30. The maximum absolute atomic E-state index is 12.1. The first-order valence-electron chi connectivity index (χ1n) is 4.34. The Bertz CT molecular complexity index is 289. The van der Waals surface area contributed by atoms with Crippen molar-refractivity contribution in [3.05, 3.63) is 0 Å². The zero-order valence-electron chi connectivity index (χ0n) is 7.91. The monoisotopic (exact) mass is 225 g/mol. The van der Waals surface area contributed by atoms with Gasteiger partial charge in [0, 0.05) is 6.54 Å². The van der Waals surface area contributed by atoms with Gasteiger partial charge in [-0.25, -0.2) is 4.79 Å². The van der Waals surface area contributed by atoms with Crippen LogP contribution in [0.4, 0.5) is 13.2 Å². The van der Waals surface area contributed by atoms with Crippen molar-refractivity contribution in [2.75, 3.05) is 6.54 Å². The second-order valence-electron chi connectivity index (χ2n) is 3.65. The van der Waals surface area contributed by atoms with Gasteiger partial charge in [-0.15, -0.1) is 0 Å². The van der Waals surface area contributed by atoms with Gasteiger partial charge in [0.15, 0.2) is 0 Å². The summed E-state index contributed by atoms with van der Waals surface area (Å²) in [4.78, 5) is 21.9. The van der Waals surface area contributed by atoms with E-state index in [2.05, 4.69) is 0 Å². The van der Waals surface area contributed by atoms with E-state index in [0.717, 1.165) is 0 Å². The summed E-state index contributed by atoms with van der Waals surface area (Å²) in [6, 6.07) is -1.35. The van der Waals surface area contributed by atoms with Gasteiger partial charge in [-0.05, 0) is 12.3 Å². The molecular formula is C8H10F3NO3. The minimum atomic E-state index is -5.00. The summed E-state index contributed by atoms with van der Waals surface area (Å²) in [5.41, 5.74) is 0. The minimum absolute atomic E-state index is 0.0666. The lowest BCUT2D eigenvalue weighted by atomic mass is 10.1. The van der Waals surface area contributed by atoms with Crippen LogP contribution in [-0.2, 0) is 9.59 Å². The van der Waals surface area contributed by atoms with Crippen LogP contribution in [0, 0.1) is 5.92 Å². The molecule has 0 spiro atoms. The molecule has 1 N–H and O–H groups in total. The van der Waals surface area contributed by atoms with Gasteiger partial charge < -0.3 is 10.0 Å². The van der Waals surface area contributed by atoms with Crippen molar-refractivity contribution >= 4 is 11.9 Å². The number of alkyl halides is 3. The number of aliphatic carboxylic acids is 1. The van der Waals surface area contributed by atoms with E-state index < -0.39 is 24.1 Å². The Morgan fingerprint density at radius 2 is 1.93 bits per heavy atom. The summed E-state index contributed by atoms with van der Waals surface area (Å²) in [5.74, 6) is -3.69. The number of carbonyl (C=O) groups is 2. The molecule has 0 bridgehead atoms. The van der Waals surface area contributed by atoms with Crippen LogP contribution in [0.3, 0.4) is 0 Å². The second-order valence-corrected chi connectivity index (χ2v) is 3.65. The van der Waals surface area contributed by atoms with E-state index >= 15 is 0 Å². The van der Waals surface area contributed by atoms with Gasteiger partial charge in [0.25, 0.3) is 0 Å². The Balaban J connectivity index is 2.85. The molecule has 1 aliphatic rings. The van der Waals surface area contributed by atoms with Gasteiger partial charge in [0.2, 0.25) is 0 Å². The fraction of sp³-hybridized carbons (Fsp3) is 0.750. The van der Waals surface area contributed by atoms with Crippen LogP contribution < -0.4 is 0 Å². The highest BCUT2D eigenvalue weighted by atomic mass is 19.4. The summed E-state index contributed by atoms with van der Waals surface area (Å²) in [5, 5.41) is 8.65. The van der Waals surface area contributed by atoms with E-state index in [9.17, 15) is 22.8 Å². The minimum Gasteiger partial charge on any atom is -0.480 e. The zero-order chi connectivity index (χ0) is 11.8. The topological polar surface area (TPSA) is 57.6 Å². The summed E-state index contributed by atoms with van der Waals surface area (Å²) >= 11 is 0. The van der Waals surface area contributed by atoms with E-state index in [1.807, 2.05) is 0 Å².